The third-order valence-corrected chi connectivity index (χ3v) is 5.51. The van der Waals surface area contributed by atoms with Gasteiger partial charge in [0.25, 0.3) is 0 Å². The van der Waals surface area contributed by atoms with Crippen molar-refractivity contribution in [2.45, 2.75) is 31.7 Å². The molecule has 0 aliphatic rings. The van der Waals surface area contributed by atoms with E-state index in [2.05, 4.69) is 31.7 Å². The van der Waals surface area contributed by atoms with E-state index < -0.39 is 5.54 Å². The maximum atomic E-state index is 13.6. The Morgan fingerprint density at radius 2 is 1.82 bits per heavy atom. The number of Topliss-reactive ketones (excluding diaryl/α,β-unsaturated/α-hetero) is 1. The summed E-state index contributed by atoms with van der Waals surface area (Å²) in [6.45, 7) is 2.63. The molecule has 0 saturated heterocycles. The predicted molar refractivity (Wildman–Crippen MR) is 118 cm³/mol. The van der Waals surface area contributed by atoms with Crippen LogP contribution in [0.4, 0.5) is 0 Å². The van der Waals surface area contributed by atoms with Crippen molar-refractivity contribution in [2.75, 3.05) is 33.6 Å². The molecule has 2 aromatic rings. The summed E-state index contributed by atoms with van der Waals surface area (Å²) in [6, 6.07) is 15.6. The molecule has 0 bridgehead atoms. The van der Waals surface area contributed by atoms with Gasteiger partial charge in [-0.1, -0.05) is 37.3 Å². The first-order valence-electron chi connectivity index (χ1n) is 9.66. The molecule has 1 unspecified atom stereocenters. The molecule has 2 rings (SSSR count). The molecule has 0 aromatic heterocycles. The molecule has 0 fully saturated rings. The van der Waals surface area contributed by atoms with Gasteiger partial charge in [-0.05, 0) is 62.9 Å². The Bertz CT molecular complexity index is 764. The van der Waals surface area contributed by atoms with Crippen LogP contribution in [-0.4, -0.2) is 49.8 Å². The number of ether oxygens (including phenoxy) is 2. The monoisotopic (exact) mass is 401 g/mol. The highest BCUT2D eigenvalue weighted by atomic mass is 32.1. The van der Waals surface area contributed by atoms with Crippen molar-refractivity contribution in [1.29, 1.82) is 0 Å². The van der Waals surface area contributed by atoms with Crippen LogP contribution in [0, 0.1) is 0 Å². The van der Waals surface area contributed by atoms with Gasteiger partial charge in [-0.25, -0.2) is 0 Å². The summed E-state index contributed by atoms with van der Waals surface area (Å²) in [4.78, 5) is 15.7. The predicted octanol–water partition coefficient (Wildman–Crippen LogP) is 4.53. The average molecular weight is 402 g/mol. The smallest absolute Gasteiger partial charge is 0.183 e. The first-order chi connectivity index (χ1) is 13.5. The molecule has 0 amide bonds. The minimum Gasteiger partial charge on any atom is -0.493 e. The van der Waals surface area contributed by atoms with Gasteiger partial charge in [0.2, 0.25) is 0 Å². The van der Waals surface area contributed by atoms with E-state index in [1.165, 1.54) is 0 Å². The van der Waals surface area contributed by atoms with Gasteiger partial charge in [0.15, 0.2) is 17.3 Å². The Labute approximate surface area is 174 Å². The molecular formula is C23H31NO3S. The molecule has 5 heteroatoms. The Balaban J connectivity index is 2.35. The minimum atomic E-state index is -0.624. The van der Waals surface area contributed by atoms with E-state index in [0.717, 1.165) is 17.7 Å². The first kappa shape index (κ1) is 22.3. The second-order valence-electron chi connectivity index (χ2n) is 7.06. The van der Waals surface area contributed by atoms with Crippen LogP contribution in [0.3, 0.4) is 0 Å². The van der Waals surface area contributed by atoms with Crippen molar-refractivity contribution >= 4 is 18.4 Å². The SMILES string of the molecule is CCC(Cc1ccccc1)(C(=O)c1ccc(OCCCS)c(OC)c1)N(C)C. The van der Waals surface area contributed by atoms with E-state index >= 15 is 0 Å². The van der Waals surface area contributed by atoms with Crippen LogP contribution in [0.15, 0.2) is 48.5 Å². The molecule has 4 nitrogen and oxygen atoms in total. The molecule has 28 heavy (non-hydrogen) atoms. The highest BCUT2D eigenvalue weighted by Gasteiger charge is 2.39. The molecule has 0 heterocycles. The fraction of sp³-hybridized carbons (Fsp3) is 0.435. The fourth-order valence-electron chi connectivity index (χ4n) is 3.42. The third kappa shape index (κ3) is 5.09. The number of thiol groups is 1. The van der Waals surface area contributed by atoms with E-state index in [1.54, 1.807) is 13.2 Å². The van der Waals surface area contributed by atoms with Crippen LogP contribution in [0.25, 0.3) is 0 Å². The van der Waals surface area contributed by atoms with Gasteiger partial charge >= 0.3 is 0 Å². The van der Waals surface area contributed by atoms with Gasteiger partial charge in [0.05, 0.1) is 19.3 Å². The lowest BCUT2D eigenvalue weighted by atomic mass is 9.80. The number of methoxy groups -OCH3 is 1. The number of hydrogen-bond donors (Lipinski definition) is 1. The lowest BCUT2D eigenvalue weighted by molar-refractivity contribution is 0.0666. The highest BCUT2D eigenvalue weighted by Crippen LogP contribution is 2.33. The van der Waals surface area contributed by atoms with Gasteiger partial charge in [-0.15, -0.1) is 0 Å². The number of nitrogens with zero attached hydrogens (tertiary/aromatic N) is 1. The summed E-state index contributed by atoms with van der Waals surface area (Å²) in [5, 5.41) is 0. The van der Waals surface area contributed by atoms with Crippen molar-refractivity contribution in [3.05, 3.63) is 59.7 Å². The average Bonchev–Trinajstić information content (AvgIpc) is 2.72. The molecule has 0 N–H and O–H groups in total. The summed E-state index contributed by atoms with van der Waals surface area (Å²) in [6.07, 6.45) is 2.21. The number of benzene rings is 2. The Hall–Kier alpha value is -1.98. The van der Waals surface area contributed by atoms with Crippen molar-refractivity contribution in [1.82, 2.24) is 4.90 Å². The Morgan fingerprint density at radius 3 is 2.39 bits per heavy atom. The number of ketones is 1. The number of carbonyl (C=O) groups excluding carboxylic acids is 1. The zero-order chi connectivity index (χ0) is 20.6. The van der Waals surface area contributed by atoms with E-state index in [0.29, 0.717) is 36.5 Å². The molecule has 152 valence electrons. The van der Waals surface area contributed by atoms with Crippen molar-refractivity contribution in [2.24, 2.45) is 0 Å². The fourth-order valence-corrected chi connectivity index (χ4v) is 3.55. The van der Waals surface area contributed by atoms with Gasteiger partial charge in [-0.3, -0.25) is 9.69 Å². The zero-order valence-corrected chi connectivity index (χ0v) is 18.2. The summed E-state index contributed by atoms with van der Waals surface area (Å²) in [5.74, 6) is 2.08. The third-order valence-electron chi connectivity index (χ3n) is 5.19. The molecule has 0 radical (unpaired) electrons. The molecular weight excluding hydrogens is 370 g/mol. The maximum Gasteiger partial charge on any atom is 0.183 e. The summed E-state index contributed by atoms with van der Waals surface area (Å²) in [7, 11) is 5.53. The maximum absolute atomic E-state index is 13.6. The first-order valence-corrected chi connectivity index (χ1v) is 10.3. The topological polar surface area (TPSA) is 38.8 Å². The quantitative estimate of drug-likeness (QED) is 0.341. The lowest BCUT2D eigenvalue weighted by Crippen LogP contribution is -2.52. The Morgan fingerprint density at radius 1 is 1.11 bits per heavy atom. The van der Waals surface area contributed by atoms with Crippen LogP contribution >= 0.6 is 12.6 Å². The summed E-state index contributed by atoms with van der Waals surface area (Å²) < 4.78 is 11.2. The van der Waals surface area contributed by atoms with Gasteiger partial charge in [-0.2, -0.15) is 12.6 Å². The largest absolute Gasteiger partial charge is 0.493 e. The lowest BCUT2D eigenvalue weighted by Gasteiger charge is -2.38. The van der Waals surface area contributed by atoms with Crippen LogP contribution in [0.2, 0.25) is 0 Å². The van der Waals surface area contributed by atoms with Gasteiger partial charge in [0, 0.05) is 5.56 Å². The number of hydrogen-bond acceptors (Lipinski definition) is 5. The van der Waals surface area contributed by atoms with Crippen LogP contribution in [-0.2, 0) is 6.42 Å². The van der Waals surface area contributed by atoms with Crippen LogP contribution < -0.4 is 9.47 Å². The summed E-state index contributed by atoms with van der Waals surface area (Å²) in [5.41, 5.74) is 1.15. The molecule has 0 aliphatic heterocycles. The molecule has 0 saturated carbocycles. The number of rotatable bonds is 11. The van der Waals surface area contributed by atoms with Crippen LogP contribution in [0.5, 0.6) is 11.5 Å². The van der Waals surface area contributed by atoms with E-state index in [9.17, 15) is 4.79 Å². The van der Waals surface area contributed by atoms with Crippen molar-refractivity contribution in [3.8, 4) is 11.5 Å². The highest BCUT2D eigenvalue weighted by molar-refractivity contribution is 7.80. The number of carbonyl (C=O) groups is 1. The normalized spacial score (nSPS) is 13.2. The van der Waals surface area contributed by atoms with Crippen molar-refractivity contribution < 1.29 is 14.3 Å². The number of likely N-dealkylation sites (N-methyl/N-ethyl adjacent to an activating group) is 1. The summed E-state index contributed by atoms with van der Waals surface area (Å²) >= 11 is 4.20. The van der Waals surface area contributed by atoms with E-state index in [-0.39, 0.29) is 5.78 Å². The zero-order valence-electron chi connectivity index (χ0n) is 17.3. The van der Waals surface area contributed by atoms with E-state index in [1.807, 2.05) is 49.3 Å². The van der Waals surface area contributed by atoms with Crippen molar-refractivity contribution in [3.63, 3.8) is 0 Å². The Kier molecular flexibility index (Phi) is 8.39. The van der Waals surface area contributed by atoms with E-state index in [4.69, 9.17) is 9.47 Å². The van der Waals surface area contributed by atoms with Gasteiger partial charge in [0.1, 0.15) is 0 Å². The molecule has 0 spiro atoms. The van der Waals surface area contributed by atoms with Crippen LogP contribution in [0.1, 0.15) is 35.7 Å². The van der Waals surface area contributed by atoms with Gasteiger partial charge < -0.3 is 9.47 Å². The molecule has 1 atom stereocenters. The molecule has 0 aliphatic carbocycles. The second-order valence-corrected chi connectivity index (χ2v) is 7.51. The second kappa shape index (κ2) is 10.5. The standard InChI is InChI=1S/C23H31NO3S/c1-5-23(24(2)3,17-18-10-7-6-8-11-18)22(25)19-12-13-20(21(16-19)26-4)27-14-9-15-28/h6-8,10-13,16,28H,5,9,14-15,17H2,1-4H3. The minimum absolute atomic E-state index is 0.0871. The molecule has 2 aromatic carbocycles.